The Labute approximate surface area is 128 Å². The minimum absolute atomic E-state index is 0.118. The number of aromatic nitrogens is 1. The van der Waals surface area contributed by atoms with Gasteiger partial charge in [-0.2, -0.15) is 0 Å². The van der Waals surface area contributed by atoms with Crippen LogP contribution in [0.3, 0.4) is 0 Å². The van der Waals surface area contributed by atoms with Gasteiger partial charge in [-0.05, 0) is 49.7 Å². The molecule has 0 atom stereocenters. The first-order valence-electron chi connectivity index (χ1n) is 7.77. The summed E-state index contributed by atoms with van der Waals surface area (Å²) >= 11 is 0. The van der Waals surface area contributed by atoms with Crippen molar-refractivity contribution >= 4 is 11.7 Å². The van der Waals surface area contributed by atoms with Gasteiger partial charge in [0.2, 0.25) is 0 Å². The monoisotopic (exact) mass is 288 g/mol. The molecule has 21 heavy (non-hydrogen) atoms. The number of rotatable bonds is 2. The van der Waals surface area contributed by atoms with E-state index in [9.17, 15) is 0 Å². The van der Waals surface area contributed by atoms with Crippen molar-refractivity contribution < 1.29 is 0 Å². The lowest BCUT2D eigenvalue weighted by molar-refractivity contribution is 0.198. The van der Waals surface area contributed by atoms with Crippen LogP contribution in [0.2, 0.25) is 0 Å². The van der Waals surface area contributed by atoms with Crippen LogP contribution >= 0.6 is 0 Å². The molecule has 116 valence electrons. The average molecular weight is 288 g/mol. The summed E-state index contributed by atoms with van der Waals surface area (Å²) in [5, 5.41) is 7.86. The van der Waals surface area contributed by atoms with Gasteiger partial charge in [-0.3, -0.25) is 5.41 Å². The van der Waals surface area contributed by atoms with Crippen molar-refractivity contribution in [3.8, 4) is 0 Å². The van der Waals surface area contributed by atoms with Crippen LogP contribution in [0, 0.1) is 30.6 Å². The van der Waals surface area contributed by atoms with Gasteiger partial charge in [-0.15, -0.1) is 0 Å². The molecule has 4 nitrogen and oxygen atoms in total. The molecule has 1 aromatic heterocycles. The molecule has 0 spiro atoms. The number of piperidine rings is 1. The average Bonchev–Trinajstić information content (AvgIpc) is 2.36. The van der Waals surface area contributed by atoms with Crippen molar-refractivity contribution in [1.29, 1.82) is 5.41 Å². The predicted molar refractivity (Wildman–Crippen MR) is 89.1 cm³/mol. The Hall–Kier alpha value is -1.58. The second-order valence-corrected chi connectivity index (χ2v) is 7.32. The SMILES string of the molecule is Cc1cc(C)c(C(=N)N)c(N2CCC(C(C)(C)C)CC2)n1. The van der Waals surface area contributed by atoms with E-state index in [1.807, 2.05) is 19.9 Å². The molecular weight excluding hydrogens is 260 g/mol. The fourth-order valence-corrected chi connectivity index (χ4v) is 3.34. The second kappa shape index (κ2) is 5.66. The number of aryl methyl sites for hydroxylation is 2. The van der Waals surface area contributed by atoms with Gasteiger partial charge >= 0.3 is 0 Å². The molecule has 1 saturated heterocycles. The van der Waals surface area contributed by atoms with Crippen LogP contribution in [-0.2, 0) is 0 Å². The predicted octanol–water partition coefficient (Wildman–Crippen LogP) is 3.25. The maximum Gasteiger partial charge on any atom is 0.140 e. The first kappa shape index (κ1) is 15.8. The lowest BCUT2D eigenvalue weighted by Crippen LogP contribution is -2.39. The molecule has 0 bridgehead atoms. The second-order valence-electron chi connectivity index (χ2n) is 7.32. The number of amidine groups is 1. The molecule has 3 N–H and O–H groups in total. The number of nitrogens with two attached hydrogens (primary N) is 1. The van der Waals surface area contributed by atoms with Gasteiger partial charge < -0.3 is 10.6 Å². The van der Waals surface area contributed by atoms with Crippen molar-refractivity contribution in [3.05, 3.63) is 22.9 Å². The van der Waals surface area contributed by atoms with Crippen LogP contribution in [0.5, 0.6) is 0 Å². The van der Waals surface area contributed by atoms with Crippen molar-refractivity contribution in [2.24, 2.45) is 17.1 Å². The van der Waals surface area contributed by atoms with Crippen molar-refractivity contribution in [2.45, 2.75) is 47.5 Å². The molecule has 0 aliphatic carbocycles. The number of pyridine rings is 1. The molecule has 1 aromatic rings. The summed E-state index contributed by atoms with van der Waals surface area (Å²) in [5.41, 5.74) is 8.99. The van der Waals surface area contributed by atoms with Gasteiger partial charge in [0, 0.05) is 18.8 Å². The normalized spacial score (nSPS) is 17.1. The number of anilines is 1. The van der Waals surface area contributed by atoms with Crippen LogP contribution in [0.4, 0.5) is 5.82 Å². The highest BCUT2D eigenvalue weighted by molar-refractivity contribution is 6.01. The number of nitrogens with zero attached hydrogens (tertiary/aromatic N) is 2. The zero-order valence-electron chi connectivity index (χ0n) is 14.0. The van der Waals surface area contributed by atoms with Crippen molar-refractivity contribution in [3.63, 3.8) is 0 Å². The minimum atomic E-state index is 0.118. The highest BCUT2D eigenvalue weighted by Crippen LogP contribution is 2.36. The molecule has 0 unspecified atom stereocenters. The molecule has 1 aliphatic rings. The summed E-state index contributed by atoms with van der Waals surface area (Å²) < 4.78 is 0. The summed E-state index contributed by atoms with van der Waals surface area (Å²) in [4.78, 5) is 6.98. The number of nitrogens with one attached hydrogen (secondary N) is 1. The van der Waals surface area contributed by atoms with Crippen LogP contribution in [0.25, 0.3) is 0 Å². The summed E-state index contributed by atoms with van der Waals surface area (Å²) in [6.45, 7) is 13.0. The fraction of sp³-hybridized carbons (Fsp3) is 0.647. The quantitative estimate of drug-likeness (QED) is 0.648. The van der Waals surface area contributed by atoms with E-state index < -0.39 is 0 Å². The largest absolute Gasteiger partial charge is 0.384 e. The Morgan fingerprint density at radius 3 is 2.33 bits per heavy atom. The number of hydrogen-bond donors (Lipinski definition) is 2. The third-order valence-electron chi connectivity index (χ3n) is 4.61. The molecule has 0 aromatic carbocycles. The Balaban J connectivity index is 2.26. The van der Waals surface area contributed by atoms with Gasteiger partial charge in [0.15, 0.2) is 0 Å². The molecular formula is C17H28N4. The van der Waals surface area contributed by atoms with Crippen molar-refractivity contribution in [2.75, 3.05) is 18.0 Å². The Morgan fingerprint density at radius 2 is 1.86 bits per heavy atom. The topological polar surface area (TPSA) is 66.0 Å². The van der Waals surface area contributed by atoms with Crippen LogP contribution in [-0.4, -0.2) is 23.9 Å². The van der Waals surface area contributed by atoms with E-state index in [0.29, 0.717) is 5.41 Å². The van der Waals surface area contributed by atoms with E-state index in [1.54, 1.807) is 0 Å². The highest BCUT2D eigenvalue weighted by Gasteiger charge is 2.30. The summed E-state index contributed by atoms with van der Waals surface area (Å²) in [6.07, 6.45) is 2.35. The molecule has 2 heterocycles. The maximum atomic E-state index is 7.86. The van der Waals surface area contributed by atoms with E-state index in [4.69, 9.17) is 11.1 Å². The third kappa shape index (κ3) is 3.36. The van der Waals surface area contributed by atoms with Crippen LogP contribution in [0.1, 0.15) is 50.4 Å². The Kier molecular flexibility index (Phi) is 4.26. The molecule has 2 rings (SSSR count). The van der Waals surface area contributed by atoms with E-state index >= 15 is 0 Å². The zero-order valence-corrected chi connectivity index (χ0v) is 14.0. The Bertz CT molecular complexity index is 534. The Morgan fingerprint density at radius 1 is 1.29 bits per heavy atom. The summed E-state index contributed by atoms with van der Waals surface area (Å²) in [6, 6.07) is 2.00. The number of hydrogen-bond acceptors (Lipinski definition) is 3. The van der Waals surface area contributed by atoms with Gasteiger partial charge in [-0.25, -0.2) is 4.98 Å². The zero-order chi connectivity index (χ0) is 15.8. The summed E-state index contributed by atoms with van der Waals surface area (Å²) in [5.74, 6) is 1.76. The van der Waals surface area contributed by atoms with Gasteiger partial charge in [0.05, 0.1) is 5.56 Å². The molecule has 0 radical (unpaired) electrons. The molecule has 4 heteroatoms. The maximum absolute atomic E-state index is 7.86. The fourth-order valence-electron chi connectivity index (χ4n) is 3.34. The van der Waals surface area contributed by atoms with E-state index in [2.05, 4.69) is 30.7 Å². The van der Waals surface area contributed by atoms with Crippen LogP contribution in [0.15, 0.2) is 6.07 Å². The smallest absolute Gasteiger partial charge is 0.140 e. The first-order chi connectivity index (χ1) is 9.70. The summed E-state index contributed by atoms with van der Waals surface area (Å²) in [7, 11) is 0. The van der Waals surface area contributed by atoms with Gasteiger partial charge in [-0.1, -0.05) is 20.8 Å². The van der Waals surface area contributed by atoms with E-state index in [0.717, 1.165) is 41.6 Å². The van der Waals surface area contributed by atoms with E-state index in [-0.39, 0.29) is 5.84 Å². The molecule has 1 aliphatic heterocycles. The molecule has 0 amide bonds. The molecule has 1 fully saturated rings. The third-order valence-corrected chi connectivity index (χ3v) is 4.61. The number of nitrogen functional groups attached to an aromatic ring is 1. The lowest BCUT2D eigenvalue weighted by atomic mass is 9.75. The van der Waals surface area contributed by atoms with Gasteiger partial charge in [0.1, 0.15) is 11.7 Å². The lowest BCUT2D eigenvalue weighted by Gasteiger charge is -2.40. The standard InChI is InChI=1S/C17H28N4/c1-11-10-12(2)20-16(14(11)15(18)19)21-8-6-13(7-9-21)17(3,4)5/h10,13H,6-9H2,1-5H3,(H3,18,19). The van der Waals surface area contributed by atoms with Crippen LogP contribution < -0.4 is 10.6 Å². The van der Waals surface area contributed by atoms with E-state index in [1.165, 1.54) is 12.8 Å². The van der Waals surface area contributed by atoms with Crippen molar-refractivity contribution in [1.82, 2.24) is 4.98 Å². The minimum Gasteiger partial charge on any atom is -0.384 e. The van der Waals surface area contributed by atoms with Gasteiger partial charge in [0.25, 0.3) is 0 Å². The molecule has 0 saturated carbocycles. The first-order valence-corrected chi connectivity index (χ1v) is 7.77. The highest BCUT2D eigenvalue weighted by atomic mass is 15.2.